The number of hydrogen-bond donors (Lipinski definition) is 1. The Kier molecular flexibility index (Phi) is 5.88. The summed E-state index contributed by atoms with van der Waals surface area (Å²) in [6.07, 6.45) is 2.83. The summed E-state index contributed by atoms with van der Waals surface area (Å²) < 4.78 is 39.5. The lowest BCUT2D eigenvalue weighted by atomic mass is 10.2. The quantitative estimate of drug-likeness (QED) is 0.785. The maximum Gasteiger partial charge on any atom is 0.243 e. The molecule has 0 aliphatic heterocycles. The van der Waals surface area contributed by atoms with Gasteiger partial charge in [-0.2, -0.15) is 4.31 Å². The molecular formula is C13H15ClFNO3S. The van der Waals surface area contributed by atoms with Gasteiger partial charge < -0.3 is 5.11 Å². The van der Waals surface area contributed by atoms with E-state index in [9.17, 15) is 12.8 Å². The van der Waals surface area contributed by atoms with Gasteiger partial charge >= 0.3 is 0 Å². The maximum atomic E-state index is 13.6. The summed E-state index contributed by atoms with van der Waals surface area (Å²) in [5.41, 5.74) is 0.0161. The maximum absolute atomic E-state index is 13.6. The van der Waals surface area contributed by atoms with Crippen molar-refractivity contribution in [3.63, 3.8) is 0 Å². The van der Waals surface area contributed by atoms with Crippen LogP contribution in [0.1, 0.15) is 5.56 Å². The van der Waals surface area contributed by atoms with Crippen molar-refractivity contribution >= 4 is 21.6 Å². The highest BCUT2D eigenvalue weighted by molar-refractivity contribution is 7.89. The summed E-state index contributed by atoms with van der Waals surface area (Å²) in [6, 6.07) is 1.98. The fourth-order valence-corrected chi connectivity index (χ4v) is 3.20. The number of sulfonamides is 1. The second-order valence-electron chi connectivity index (χ2n) is 3.94. The van der Waals surface area contributed by atoms with Crippen LogP contribution in [0.2, 0.25) is 5.02 Å². The molecule has 0 heterocycles. The summed E-state index contributed by atoms with van der Waals surface area (Å²) >= 11 is 5.64. The van der Waals surface area contributed by atoms with Crippen LogP contribution in [0.3, 0.4) is 0 Å². The van der Waals surface area contributed by atoms with E-state index in [1.54, 1.807) is 0 Å². The van der Waals surface area contributed by atoms with Crippen LogP contribution in [-0.2, 0) is 16.6 Å². The molecule has 20 heavy (non-hydrogen) atoms. The van der Waals surface area contributed by atoms with Gasteiger partial charge in [0.2, 0.25) is 10.0 Å². The van der Waals surface area contributed by atoms with Crippen LogP contribution in [0.15, 0.2) is 42.3 Å². The van der Waals surface area contributed by atoms with Crippen molar-refractivity contribution in [1.82, 2.24) is 4.31 Å². The number of aliphatic hydroxyl groups excluding tert-OH is 1. The molecule has 0 spiro atoms. The van der Waals surface area contributed by atoms with Crippen LogP contribution in [0.4, 0.5) is 4.39 Å². The highest BCUT2D eigenvalue weighted by Crippen LogP contribution is 2.26. The molecule has 0 fully saturated rings. The van der Waals surface area contributed by atoms with E-state index in [2.05, 4.69) is 13.2 Å². The highest BCUT2D eigenvalue weighted by atomic mass is 35.5. The average Bonchev–Trinajstić information content (AvgIpc) is 2.41. The number of hydrogen-bond acceptors (Lipinski definition) is 3. The fraction of sp³-hybridized carbons (Fsp3) is 0.231. The molecule has 0 aliphatic rings. The number of halogens is 2. The van der Waals surface area contributed by atoms with Gasteiger partial charge in [-0.25, -0.2) is 12.8 Å². The Balaban J connectivity index is 3.36. The van der Waals surface area contributed by atoms with E-state index in [1.807, 2.05) is 0 Å². The molecule has 110 valence electrons. The molecule has 0 radical (unpaired) electrons. The fourth-order valence-electron chi connectivity index (χ4n) is 1.59. The van der Waals surface area contributed by atoms with Gasteiger partial charge in [-0.1, -0.05) is 23.8 Å². The zero-order valence-corrected chi connectivity index (χ0v) is 12.3. The Hall–Kier alpha value is -1.21. The summed E-state index contributed by atoms with van der Waals surface area (Å²) in [7, 11) is -3.92. The van der Waals surface area contributed by atoms with Crippen molar-refractivity contribution in [2.45, 2.75) is 11.5 Å². The standard InChI is InChI=1S/C13H15ClFNO3S/c1-3-5-16(6-4-2)20(18,19)11-7-10(9-17)13(14)12(15)8-11/h3-4,7-8,17H,1-2,5-6,9H2. The van der Waals surface area contributed by atoms with Crippen molar-refractivity contribution in [2.24, 2.45) is 0 Å². The van der Waals surface area contributed by atoms with Gasteiger partial charge in [-0.3, -0.25) is 0 Å². The van der Waals surface area contributed by atoms with Crippen molar-refractivity contribution in [2.75, 3.05) is 13.1 Å². The van der Waals surface area contributed by atoms with Crippen LogP contribution in [0, 0.1) is 5.82 Å². The molecule has 0 aliphatic carbocycles. The van der Waals surface area contributed by atoms with Gasteiger partial charge in [0, 0.05) is 18.7 Å². The second-order valence-corrected chi connectivity index (χ2v) is 6.25. The van der Waals surface area contributed by atoms with Crippen LogP contribution in [0.5, 0.6) is 0 Å². The Labute approximate surface area is 122 Å². The molecule has 0 aromatic heterocycles. The zero-order valence-electron chi connectivity index (χ0n) is 10.7. The first-order chi connectivity index (χ1) is 9.38. The molecule has 1 aromatic carbocycles. The minimum atomic E-state index is -3.92. The van der Waals surface area contributed by atoms with Crippen LogP contribution in [-0.4, -0.2) is 30.9 Å². The van der Waals surface area contributed by atoms with E-state index in [-0.39, 0.29) is 28.6 Å². The number of benzene rings is 1. The van der Waals surface area contributed by atoms with Gasteiger partial charge in [0.05, 0.1) is 16.5 Å². The molecule has 7 heteroatoms. The lowest BCUT2D eigenvalue weighted by molar-refractivity contribution is 0.281. The first-order valence-corrected chi connectivity index (χ1v) is 7.51. The Bertz CT molecular complexity index is 606. The van der Waals surface area contributed by atoms with E-state index in [1.165, 1.54) is 12.2 Å². The van der Waals surface area contributed by atoms with Gasteiger partial charge in [0.25, 0.3) is 0 Å². The largest absolute Gasteiger partial charge is 0.392 e. The number of nitrogens with zero attached hydrogens (tertiary/aromatic N) is 1. The third kappa shape index (κ3) is 3.46. The highest BCUT2D eigenvalue weighted by Gasteiger charge is 2.24. The van der Waals surface area contributed by atoms with E-state index < -0.39 is 22.4 Å². The summed E-state index contributed by atoms with van der Waals surface area (Å²) in [5, 5.41) is 8.80. The molecular weight excluding hydrogens is 305 g/mol. The van der Waals surface area contributed by atoms with E-state index in [4.69, 9.17) is 16.7 Å². The average molecular weight is 320 g/mol. The summed E-state index contributed by atoms with van der Waals surface area (Å²) in [5.74, 6) is -0.894. The van der Waals surface area contributed by atoms with E-state index in [0.717, 1.165) is 16.4 Å². The molecule has 0 bridgehead atoms. The SMILES string of the molecule is C=CCN(CC=C)S(=O)(=O)c1cc(F)c(Cl)c(CO)c1. The summed E-state index contributed by atoms with van der Waals surface area (Å²) in [4.78, 5) is -0.271. The molecule has 0 amide bonds. The van der Waals surface area contributed by atoms with Gasteiger partial charge in [-0.05, 0) is 12.1 Å². The molecule has 1 rings (SSSR count). The number of aliphatic hydroxyl groups is 1. The van der Waals surface area contributed by atoms with Crippen molar-refractivity contribution in [1.29, 1.82) is 0 Å². The minimum Gasteiger partial charge on any atom is -0.392 e. The Morgan fingerprint density at radius 1 is 1.30 bits per heavy atom. The lowest BCUT2D eigenvalue weighted by Crippen LogP contribution is -2.31. The monoisotopic (exact) mass is 319 g/mol. The van der Waals surface area contributed by atoms with Gasteiger partial charge in [0.1, 0.15) is 5.82 Å². The van der Waals surface area contributed by atoms with Crippen LogP contribution < -0.4 is 0 Å². The Morgan fingerprint density at radius 2 is 1.85 bits per heavy atom. The molecule has 0 saturated carbocycles. The third-order valence-electron chi connectivity index (χ3n) is 2.55. The predicted octanol–water partition coefficient (Wildman–Crippen LogP) is 2.33. The van der Waals surface area contributed by atoms with Crippen molar-refractivity contribution in [3.05, 3.63) is 53.8 Å². The molecule has 0 saturated heterocycles. The van der Waals surface area contributed by atoms with Crippen molar-refractivity contribution < 1.29 is 17.9 Å². The molecule has 1 aromatic rings. The Morgan fingerprint density at radius 3 is 2.30 bits per heavy atom. The van der Waals surface area contributed by atoms with Crippen LogP contribution >= 0.6 is 11.6 Å². The second kappa shape index (κ2) is 6.99. The minimum absolute atomic E-state index is 0.0161. The molecule has 0 atom stereocenters. The zero-order chi connectivity index (χ0) is 15.3. The first-order valence-electron chi connectivity index (χ1n) is 5.69. The third-order valence-corrected chi connectivity index (χ3v) is 4.78. The molecule has 4 nitrogen and oxygen atoms in total. The lowest BCUT2D eigenvalue weighted by Gasteiger charge is -2.19. The topological polar surface area (TPSA) is 57.6 Å². The molecule has 1 N–H and O–H groups in total. The first kappa shape index (κ1) is 16.8. The van der Waals surface area contributed by atoms with E-state index >= 15 is 0 Å². The molecule has 0 unspecified atom stereocenters. The predicted molar refractivity (Wildman–Crippen MR) is 76.5 cm³/mol. The van der Waals surface area contributed by atoms with Gasteiger partial charge in [-0.15, -0.1) is 13.2 Å². The smallest absolute Gasteiger partial charge is 0.243 e. The van der Waals surface area contributed by atoms with Crippen molar-refractivity contribution in [3.8, 4) is 0 Å². The summed E-state index contributed by atoms with van der Waals surface area (Å²) in [6.45, 7) is 6.53. The van der Waals surface area contributed by atoms with E-state index in [0.29, 0.717) is 0 Å². The number of rotatable bonds is 7. The van der Waals surface area contributed by atoms with Gasteiger partial charge in [0.15, 0.2) is 0 Å². The normalized spacial score (nSPS) is 11.6. The van der Waals surface area contributed by atoms with Crippen LogP contribution in [0.25, 0.3) is 0 Å².